The van der Waals surface area contributed by atoms with Gasteiger partial charge < -0.3 is 4.89 Å². The van der Waals surface area contributed by atoms with Gasteiger partial charge in [-0.3, -0.25) is 0 Å². The van der Waals surface area contributed by atoms with E-state index in [4.69, 9.17) is 10.1 Å². The Hall–Kier alpha value is -1.93. The topological polar surface area (TPSA) is 68.0 Å². The van der Waals surface area contributed by atoms with Crippen molar-refractivity contribution in [3.05, 3.63) is 29.9 Å². The van der Waals surface area contributed by atoms with Crippen LogP contribution in [0.5, 0.6) is 0 Å². The molecule has 5 heteroatoms. The number of hydrogen-bond acceptors (Lipinski definition) is 5. The van der Waals surface area contributed by atoms with Gasteiger partial charge in [0.15, 0.2) is 5.82 Å². The van der Waals surface area contributed by atoms with Crippen molar-refractivity contribution in [1.29, 1.82) is 5.26 Å². The van der Waals surface area contributed by atoms with Gasteiger partial charge in [-0.05, 0) is 6.08 Å². The Morgan fingerprint density at radius 3 is 2.69 bits per heavy atom. The molecule has 1 aliphatic heterocycles. The number of hydrogen-bond donors (Lipinski definition) is 0. The zero-order valence-electron chi connectivity index (χ0n) is 6.60. The van der Waals surface area contributed by atoms with E-state index in [2.05, 4.69) is 14.9 Å². The second-order valence-electron chi connectivity index (χ2n) is 2.34. The minimum Gasteiger partial charge on any atom is -0.333 e. The molecule has 0 aliphatic carbocycles. The lowest BCUT2D eigenvalue weighted by molar-refractivity contribution is -0.209. The maximum atomic E-state index is 8.49. The minimum atomic E-state index is 0.401. The maximum Gasteiger partial charge on any atom is 0.208 e. The van der Waals surface area contributed by atoms with Gasteiger partial charge in [0, 0.05) is 12.4 Å². The summed E-state index contributed by atoms with van der Waals surface area (Å²) in [6.45, 7) is 0.401. The average Bonchev–Trinajstić information content (AvgIpc) is 2.71. The van der Waals surface area contributed by atoms with Gasteiger partial charge >= 0.3 is 0 Å². The Kier molecular flexibility index (Phi) is 1.90. The highest BCUT2D eigenvalue weighted by atomic mass is 17.2. The predicted molar refractivity (Wildman–Crippen MR) is 41.8 cm³/mol. The highest BCUT2D eigenvalue weighted by Crippen LogP contribution is 2.15. The van der Waals surface area contributed by atoms with Gasteiger partial charge in [0.2, 0.25) is 5.76 Å². The van der Waals surface area contributed by atoms with Crippen molar-refractivity contribution in [1.82, 2.24) is 9.97 Å². The largest absolute Gasteiger partial charge is 0.333 e. The van der Waals surface area contributed by atoms with E-state index in [1.807, 2.05) is 6.07 Å². The van der Waals surface area contributed by atoms with Gasteiger partial charge in [0.1, 0.15) is 12.7 Å². The molecule has 5 nitrogen and oxygen atoms in total. The zero-order chi connectivity index (χ0) is 9.10. The molecule has 0 bridgehead atoms. The highest BCUT2D eigenvalue weighted by Gasteiger charge is 2.12. The molecular formula is C8H5N3O2. The molecule has 0 spiro atoms. The van der Waals surface area contributed by atoms with Crippen LogP contribution in [0.1, 0.15) is 11.4 Å². The van der Waals surface area contributed by atoms with Crippen molar-refractivity contribution in [3.63, 3.8) is 0 Å². The SMILES string of the molecule is N#Cc1cnc(C2=CCOO2)nc1. The molecule has 1 aromatic heterocycles. The quantitative estimate of drug-likeness (QED) is 0.586. The van der Waals surface area contributed by atoms with E-state index in [0.717, 1.165) is 0 Å². The van der Waals surface area contributed by atoms with Crippen molar-refractivity contribution in [2.75, 3.05) is 6.61 Å². The first-order chi connectivity index (χ1) is 6.40. The van der Waals surface area contributed by atoms with Crippen LogP contribution in [0.4, 0.5) is 0 Å². The Morgan fingerprint density at radius 2 is 2.15 bits per heavy atom. The van der Waals surface area contributed by atoms with Gasteiger partial charge in [-0.15, -0.1) is 0 Å². The monoisotopic (exact) mass is 175 g/mol. The smallest absolute Gasteiger partial charge is 0.208 e. The van der Waals surface area contributed by atoms with Gasteiger partial charge in [0.05, 0.1) is 5.56 Å². The Bertz CT molecular complexity index is 377. The number of rotatable bonds is 1. The molecule has 0 saturated heterocycles. The average molecular weight is 175 g/mol. The fourth-order valence-corrected chi connectivity index (χ4v) is 0.883. The molecule has 13 heavy (non-hydrogen) atoms. The molecule has 0 atom stereocenters. The van der Waals surface area contributed by atoms with E-state index in [0.29, 0.717) is 23.8 Å². The third kappa shape index (κ3) is 1.48. The second-order valence-corrected chi connectivity index (χ2v) is 2.34. The number of nitrogens with zero attached hydrogens (tertiary/aromatic N) is 3. The maximum absolute atomic E-state index is 8.49. The van der Waals surface area contributed by atoms with E-state index < -0.39 is 0 Å². The second kappa shape index (κ2) is 3.21. The van der Waals surface area contributed by atoms with Crippen molar-refractivity contribution < 1.29 is 9.78 Å². The third-order valence-electron chi connectivity index (χ3n) is 1.49. The fourth-order valence-electron chi connectivity index (χ4n) is 0.883. The molecule has 0 radical (unpaired) electrons. The van der Waals surface area contributed by atoms with Crippen molar-refractivity contribution >= 4 is 5.76 Å². The third-order valence-corrected chi connectivity index (χ3v) is 1.49. The lowest BCUT2D eigenvalue weighted by Crippen LogP contribution is -1.94. The molecule has 0 unspecified atom stereocenters. The molecule has 0 fully saturated rings. The Balaban J connectivity index is 2.28. The van der Waals surface area contributed by atoms with E-state index in [-0.39, 0.29) is 0 Å². The van der Waals surface area contributed by atoms with Crippen LogP contribution in [0.15, 0.2) is 18.5 Å². The first-order valence-electron chi connectivity index (χ1n) is 3.62. The van der Waals surface area contributed by atoms with Crippen LogP contribution in [-0.2, 0) is 9.78 Å². The molecule has 0 saturated carbocycles. The summed E-state index contributed by atoms with van der Waals surface area (Å²) in [5.41, 5.74) is 0.420. The van der Waals surface area contributed by atoms with Crippen LogP contribution in [0.2, 0.25) is 0 Å². The van der Waals surface area contributed by atoms with Gasteiger partial charge in [0.25, 0.3) is 0 Å². The summed E-state index contributed by atoms with van der Waals surface area (Å²) in [5, 5.41) is 8.49. The molecule has 0 N–H and O–H groups in total. The standard InChI is InChI=1S/C8H5N3O2/c9-3-6-4-10-8(11-5-6)7-1-2-12-13-7/h1,4-5H,2H2. The van der Waals surface area contributed by atoms with Gasteiger partial charge in [-0.1, -0.05) is 0 Å². The molecule has 1 aromatic rings. The molecular weight excluding hydrogens is 170 g/mol. The van der Waals surface area contributed by atoms with E-state index in [9.17, 15) is 0 Å². The van der Waals surface area contributed by atoms with Crippen molar-refractivity contribution in [2.24, 2.45) is 0 Å². The summed E-state index contributed by atoms with van der Waals surface area (Å²) in [6, 6.07) is 1.93. The summed E-state index contributed by atoms with van der Waals surface area (Å²) in [4.78, 5) is 17.2. The first-order valence-corrected chi connectivity index (χ1v) is 3.62. The molecule has 2 heterocycles. The molecule has 0 amide bonds. The summed E-state index contributed by atoms with van der Waals surface area (Å²) in [6.07, 6.45) is 4.59. The minimum absolute atomic E-state index is 0.401. The van der Waals surface area contributed by atoms with Crippen LogP contribution in [-0.4, -0.2) is 16.6 Å². The lowest BCUT2D eigenvalue weighted by Gasteiger charge is -1.97. The summed E-state index contributed by atoms with van der Waals surface area (Å²) < 4.78 is 0. The summed E-state index contributed by atoms with van der Waals surface area (Å²) in [7, 11) is 0. The van der Waals surface area contributed by atoms with E-state index >= 15 is 0 Å². The van der Waals surface area contributed by atoms with Gasteiger partial charge in [-0.25, -0.2) is 9.97 Å². The van der Waals surface area contributed by atoms with Crippen LogP contribution < -0.4 is 0 Å². The van der Waals surface area contributed by atoms with Crippen LogP contribution in [0.25, 0.3) is 5.76 Å². The fraction of sp³-hybridized carbons (Fsp3) is 0.125. The molecule has 0 aromatic carbocycles. The predicted octanol–water partition coefficient (Wildman–Crippen LogP) is 0.651. The first kappa shape index (κ1) is 7.71. The van der Waals surface area contributed by atoms with Crippen LogP contribution in [0.3, 0.4) is 0 Å². The lowest BCUT2D eigenvalue weighted by atomic mass is 10.3. The van der Waals surface area contributed by atoms with E-state index in [1.165, 1.54) is 12.4 Å². The zero-order valence-corrected chi connectivity index (χ0v) is 6.60. The Labute approximate surface area is 74.2 Å². The molecule has 2 rings (SSSR count). The Morgan fingerprint density at radius 1 is 1.38 bits per heavy atom. The van der Waals surface area contributed by atoms with Crippen LogP contribution in [0, 0.1) is 11.3 Å². The van der Waals surface area contributed by atoms with Gasteiger partial charge in [-0.2, -0.15) is 10.1 Å². The highest BCUT2D eigenvalue weighted by molar-refractivity contribution is 5.53. The number of nitriles is 1. The van der Waals surface area contributed by atoms with E-state index in [1.54, 1.807) is 6.08 Å². The van der Waals surface area contributed by atoms with Crippen LogP contribution >= 0.6 is 0 Å². The summed E-state index contributed by atoms with van der Waals surface area (Å²) in [5.74, 6) is 0.918. The normalized spacial score (nSPS) is 14.5. The molecule has 64 valence electrons. The molecule has 1 aliphatic rings. The van der Waals surface area contributed by atoms with Crippen molar-refractivity contribution in [3.8, 4) is 6.07 Å². The number of aromatic nitrogens is 2. The summed E-state index contributed by atoms with van der Waals surface area (Å²) >= 11 is 0. The van der Waals surface area contributed by atoms with Crippen molar-refractivity contribution in [2.45, 2.75) is 0 Å².